The third-order valence-corrected chi connectivity index (χ3v) is 5.81. The molecule has 1 N–H and O–H groups in total. The fourth-order valence-electron chi connectivity index (χ4n) is 4.02. The van der Waals surface area contributed by atoms with Gasteiger partial charge in [-0.3, -0.25) is 9.59 Å². The minimum Gasteiger partial charge on any atom is -0.497 e. The Morgan fingerprint density at radius 2 is 1.80 bits per heavy atom. The van der Waals surface area contributed by atoms with E-state index in [9.17, 15) is 9.59 Å². The number of piperidine rings is 1. The van der Waals surface area contributed by atoms with Crippen LogP contribution in [0, 0.1) is 0 Å². The fraction of sp³-hybridized carbons (Fsp3) is 0.333. The molecule has 0 aliphatic carbocycles. The van der Waals surface area contributed by atoms with Gasteiger partial charge in [0.2, 0.25) is 5.91 Å². The van der Waals surface area contributed by atoms with Crippen LogP contribution in [0.1, 0.15) is 30.9 Å². The summed E-state index contributed by atoms with van der Waals surface area (Å²) in [5.41, 5.74) is 1.85. The first-order valence-electron chi connectivity index (χ1n) is 10.2. The first kappa shape index (κ1) is 20.0. The SMILES string of the molecule is COc1ccc(CNC(=O)C2=CC3(CCN(C(C)=O)CC3)Oc3ccccc32)cc1. The van der Waals surface area contributed by atoms with Crippen LogP contribution in [0.25, 0.3) is 5.57 Å². The van der Waals surface area contributed by atoms with E-state index in [-0.39, 0.29) is 11.8 Å². The summed E-state index contributed by atoms with van der Waals surface area (Å²) < 4.78 is 11.5. The van der Waals surface area contributed by atoms with Gasteiger partial charge < -0.3 is 19.7 Å². The van der Waals surface area contributed by atoms with Crippen molar-refractivity contribution in [3.05, 3.63) is 65.7 Å². The predicted octanol–water partition coefficient (Wildman–Crippen LogP) is 3.17. The number of para-hydroxylation sites is 1. The molecule has 2 aromatic carbocycles. The summed E-state index contributed by atoms with van der Waals surface area (Å²) in [6, 6.07) is 15.3. The van der Waals surface area contributed by atoms with E-state index in [1.54, 1.807) is 14.0 Å². The number of carbonyl (C=O) groups excluding carboxylic acids is 2. The van der Waals surface area contributed by atoms with Crippen molar-refractivity contribution in [2.75, 3.05) is 20.2 Å². The number of likely N-dealkylation sites (tertiary alicyclic amines) is 1. The molecule has 4 rings (SSSR count). The predicted molar refractivity (Wildman–Crippen MR) is 114 cm³/mol. The van der Waals surface area contributed by atoms with Gasteiger partial charge in [0, 0.05) is 45.0 Å². The van der Waals surface area contributed by atoms with Gasteiger partial charge in [-0.15, -0.1) is 0 Å². The van der Waals surface area contributed by atoms with Crippen LogP contribution in [0.2, 0.25) is 0 Å². The zero-order valence-corrected chi connectivity index (χ0v) is 17.3. The van der Waals surface area contributed by atoms with E-state index in [4.69, 9.17) is 9.47 Å². The van der Waals surface area contributed by atoms with Gasteiger partial charge in [-0.1, -0.05) is 30.3 Å². The van der Waals surface area contributed by atoms with E-state index in [1.165, 1.54) is 0 Å². The lowest BCUT2D eigenvalue weighted by Crippen LogP contribution is -2.49. The van der Waals surface area contributed by atoms with Crippen molar-refractivity contribution in [3.8, 4) is 11.5 Å². The number of hydrogen-bond acceptors (Lipinski definition) is 4. The molecule has 2 aliphatic heterocycles. The summed E-state index contributed by atoms with van der Waals surface area (Å²) >= 11 is 0. The number of carbonyl (C=O) groups is 2. The van der Waals surface area contributed by atoms with E-state index >= 15 is 0 Å². The first-order chi connectivity index (χ1) is 14.5. The Morgan fingerprint density at radius 3 is 2.47 bits per heavy atom. The summed E-state index contributed by atoms with van der Waals surface area (Å²) in [5, 5.41) is 3.03. The second-order valence-electron chi connectivity index (χ2n) is 7.76. The zero-order chi connectivity index (χ0) is 21.1. The van der Waals surface area contributed by atoms with Crippen LogP contribution < -0.4 is 14.8 Å². The monoisotopic (exact) mass is 406 g/mol. The van der Waals surface area contributed by atoms with Gasteiger partial charge >= 0.3 is 0 Å². The van der Waals surface area contributed by atoms with Crippen LogP contribution in [0.5, 0.6) is 11.5 Å². The van der Waals surface area contributed by atoms with Gasteiger partial charge in [0.25, 0.3) is 5.91 Å². The molecule has 0 aromatic heterocycles. The Kier molecular flexibility index (Phi) is 5.48. The van der Waals surface area contributed by atoms with Gasteiger partial charge in [-0.05, 0) is 29.8 Å². The number of fused-ring (bicyclic) bond motifs is 1. The lowest BCUT2D eigenvalue weighted by atomic mass is 9.84. The molecule has 2 aliphatic rings. The van der Waals surface area contributed by atoms with Crippen LogP contribution in [0.4, 0.5) is 0 Å². The van der Waals surface area contributed by atoms with Crippen molar-refractivity contribution < 1.29 is 19.1 Å². The molecule has 0 unspecified atom stereocenters. The van der Waals surface area contributed by atoms with Gasteiger partial charge in [0.05, 0.1) is 12.7 Å². The number of amides is 2. The maximum atomic E-state index is 13.1. The van der Waals surface area contributed by atoms with Crippen molar-refractivity contribution in [1.82, 2.24) is 10.2 Å². The van der Waals surface area contributed by atoms with E-state index in [0.717, 1.165) is 16.9 Å². The third kappa shape index (κ3) is 4.03. The van der Waals surface area contributed by atoms with Crippen LogP contribution in [0.3, 0.4) is 0 Å². The van der Waals surface area contributed by atoms with Crippen molar-refractivity contribution in [3.63, 3.8) is 0 Å². The molecule has 2 heterocycles. The average molecular weight is 406 g/mol. The molecule has 1 fully saturated rings. The molecule has 0 atom stereocenters. The molecule has 1 spiro atoms. The molecule has 0 saturated carbocycles. The highest BCUT2D eigenvalue weighted by Gasteiger charge is 2.40. The number of hydrogen-bond donors (Lipinski definition) is 1. The Labute approximate surface area is 176 Å². The highest BCUT2D eigenvalue weighted by Crippen LogP contribution is 2.40. The number of nitrogens with one attached hydrogen (secondary N) is 1. The van der Waals surface area contributed by atoms with Crippen molar-refractivity contribution in [2.45, 2.75) is 31.9 Å². The molecule has 0 radical (unpaired) electrons. The van der Waals surface area contributed by atoms with E-state index < -0.39 is 5.60 Å². The van der Waals surface area contributed by atoms with Gasteiger partial charge in [0.1, 0.15) is 17.1 Å². The summed E-state index contributed by atoms with van der Waals surface area (Å²) in [6.07, 6.45) is 3.28. The van der Waals surface area contributed by atoms with Crippen molar-refractivity contribution in [2.24, 2.45) is 0 Å². The quantitative estimate of drug-likeness (QED) is 0.847. The van der Waals surface area contributed by atoms with E-state index in [0.29, 0.717) is 43.8 Å². The van der Waals surface area contributed by atoms with E-state index in [2.05, 4.69) is 5.32 Å². The van der Waals surface area contributed by atoms with Crippen LogP contribution in [-0.4, -0.2) is 42.5 Å². The summed E-state index contributed by atoms with van der Waals surface area (Å²) in [6.45, 7) is 3.25. The molecule has 1 saturated heterocycles. The number of methoxy groups -OCH3 is 1. The van der Waals surface area contributed by atoms with E-state index in [1.807, 2.05) is 59.5 Å². The topological polar surface area (TPSA) is 67.9 Å². The number of rotatable bonds is 4. The highest BCUT2D eigenvalue weighted by atomic mass is 16.5. The van der Waals surface area contributed by atoms with Gasteiger partial charge in [0.15, 0.2) is 0 Å². The molecule has 30 heavy (non-hydrogen) atoms. The normalized spacial score (nSPS) is 16.9. The second kappa shape index (κ2) is 8.22. The molecular formula is C24H26N2O4. The molecule has 156 valence electrons. The molecule has 6 nitrogen and oxygen atoms in total. The fourth-order valence-corrected chi connectivity index (χ4v) is 4.02. The average Bonchev–Trinajstić information content (AvgIpc) is 2.77. The summed E-state index contributed by atoms with van der Waals surface area (Å²) in [5.74, 6) is 1.44. The summed E-state index contributed by atoms with van der Waals surface area (Å²) in [4.78, 5) is 26.7. The zero-order valence-electron chi connectivity index (χ0n) is 17.3. The Balaban J connectivity index is 1.54. The minimum atomic E-state index is -0.562. The standard InChI is InChI=1S/C24H26N2O4/c1-17(27)26-13-11-24(12-14-26)15-21(20-5-3-4-6-22(20)30-24)23(28)25-16-18-7-9-19(29-2)10-8-18/h3-10,15H,11-14,16H2,1-2H3,(H,25,28). The largest absolute Gasteiger partial charge is 0.497 e. The molecule has 2 amide bonds. The smallest absolute Gasteiger partial charge is 0.252 e. The maximum absolute atomic E-state index is 13.1. The number of ether oxygens (including phenoxy) is 2. The Bertz CT molecular complexity index is 973. The van der Waals surface area contributed by atoms with Crippen molar-refractivity contribution >= 4 is 17.4 Å². The Hall–Kier alpha value is -3.28. The van der Waals surface area contributed by atoms with Crippen molar-refractivity contribution in [1.29, 1.82) is 0 Å². The number of benzene rings is 2. The molecule has 2 aromatic rings. The molecular weight excluding hydrogens is 380 g/mol. The molecule has 0 bridgehead atoms. The first-order valence-corrected chi connectivity index (χ1v) is 10.2. The minimum absolute atomic E-state index is 0.0718. The second-order valence-corrected chi connectivity index (χ2v) is 7.76. The van der Waals surface area contributed by atoms with Crippen LogP contribution in [-0.2, 0) is 16.1 Å². The maximum Gasteiger partial charge on any atom is 0.252 e. The van der Waals surface area contributed by atoms with Crippen LogP contribution >= 0.6 is 0 Å². The highest BCUT2D eigenvalue weighted by molar-refractivity contribution is 6.20. The summed E-state index contributed by atoms with van der Waals surface area (Å²) in [7, 11) is 1.63. The Morgan fingerprint density at radius 1 is 1.10 bits per heavy atom. The van der Waals surface area contributed by atoms with Gasteiger partial charge in [-0.25, -0.2) is 0 Å². The van der Waals surface area contributed by atoms with Crippen LogP contribution in [0.15, 0.2) is 54.6 Å². The lowest BCUT2D eigenvalue weighted by Gasteiger charge is -2.42. The van der Waals surface area contributed by atoms with Gasteiger partial charge in [-0.2, -0.15) is 0 Å². The lowest BCUT2D eigenvalue weighted by molar-refractivity contribution is -0.131. The third-order valence-electron chi connectivity index (χ3n) is 5.81. The number of nitrogens with zero attached hydrogens (tertiary/aromatic N) is 1. The molecule has 6 heteroatoms.